The molecule has 0 heterocycles. The van der Waals surface area contributed by atoms with Crippen LogP contribution >= 0.6 is 0 Å². The third-order valence-electron chi connectivity index (χ3n) is 3.54. The summed E-state index contributed by atoms with van der Waals surface area (Å²) in [6.45, 7) is 2.03. The molecule has 0 aliphatic heterocycles. The average molecular weight is 267 g/mol. The third-order valence-corrected chi connectivity index (χ3v) is 5.06. The van der Waals surface area contributed by atoms with Gasteiger partial charge in [0.1, 0.15) is 0 Å². The Balaban J connectivity index is 2.13. The van der Waals surface area contributed by atoms with E-state index in [1.807, 2.05) is 19.1 Å². The molecule has 1 aliphatic carbocycles. The molecule has 1 aromatic rings. The van der Waals surface area contributed by atoms with Crippen molar-refractivity contribution in [3.63, 3.8) is 0 Å². The molecule has 0 aromatic heterocycles. The molecule has 1 aliphatic rings. The topological polar surface area (TPSA) is 46.2 Å². The molecule has 0 spiro atoms. The lowest BCUT2D eigenvalue weighted by molar-refractivity contribution is 0.412. The summed E-state index contributed by atoms with van der Waals surface area (Å²) in [6, 6.07) is 7.33. The molecule has 0 saturated heterocycles. The van der Waals surface area contributed by atoms with Crippen molar-refractivity contribution in [3.8, 4) is 0 Å². The van der Waals surface area contributed by atoms with Crippen LogP contribution in [0.1, 0.15) is 44.6 Å². The highest BCUT2D eigenvalue weighted by Gasteiger charge is 2.21. The van der Waals surface area contributed by atoms with E-state index < -0.39 is 10.0 Å². The fourth-order valence-corrected chi connectivity index (χ4v) is 3.82. The predicted molar refractivity (Wildman–Crippen MR) is 73.0 cm³/mol. The van der Waals surface area contributed by atoms with E-state index in [1.165, 1.54) is 6.42 Å². The van der Waals surface area contributed by atoms with Gasteiger partial charge in [-0.05, 0) is 37.0 Å². The normalized spacial score (nSPS) is 17.8. The molecule has 1 N–H and O–H groups in total. The quantitative estimate of drug-likeness (QED) is 0.911. The van der Waals surface area contributed by atoms with E-state index in [1.54, 1.807) is 12.1 Å². The zero-order valence-electron chi connectivity index (χ0n) is 10.9. The van der Waals surface area contributed by atoms with Crippen LogP contribution in [0.2, 0.25) is 0 Å². The van der Waals surface area contributed by atoms with Crippen molar-refractivity contribution < 1.29 is 8.42 Å². The van der Waals surface area contributed by atoms with E-state index in [0.29, 0.717) is 4.90 Å². The Morgan fingerprint density at radius 2 is 1.94 bits per heavy atom. The Hall–Kier alpha value is -0.870. The highest BCUT2D eigenvalue weighted by Crippen LogP contribution is 2.20. The zero-order valence-corrected chi connectivity index (χ0v) is 11.7. The molecule has 100 valence electrons. The van der Waals surface area contributed by atoms with Gasteiger partial charge in [0.2, 0.25) is 10.0 Å². The van der Waals surface area contributed by atoms with Crippen LogP contribution in [-0.4, -0.2) is 14.5 Å². The number of hydrogen-bond acceptors (Lipinski definition) is 2. The zero-order chi connectivity index (χ0) is 13.0. The van der Waals surface area contributed by atoms with Crippen molar-refractivity contribution in [1.29, 1.82) is 0 Å². The molecular weight excluding hydrogens is 246 g/mol. The molecule has 4 heteroatoms. The summed E-state index contributed by atoms with van der Waals surface area (Å²) >= 11 is 0. The molecule has 1 fully saturated rings. The van der Waals surface area contributed by atoms with Crippen LogP contribution in [0.15, 0.2) is 29.2 Å². The van der Waals surface area contributed by atoms with Crippen molar-refractivity contribution >= 4 is 10.0 Å². The van der Waals surface area contributed by atoms with Crippen LogP contribution in [-0.2, 0) is 16.4 Å². The Bertz CT molecular complexity index is 490. The van der Waals surface area contributed by atoms with Gasteiger partial charge >= 0.3 is 0 Å². The van der Waals surface area contributed by atoms with Gasteiger partial charge in [-0.2, -0.15) is 0 Å². The lowest BCUT2D eigenvalue weighted by Gasteiger charge is -2.22. The minimum atomic E-state index is -3.34. The largest absolute Gasteiger partial charge is 0.240 e. The van der Waals surface area contributed by atoms with E-state index in [2.05, 4.69) is 4.72 Å². The Labute approximate surface area is 110 Å². The van der Waals surface area contributed by atoms with Crippen molar-refractivity contribution in [2.24, 2.45) is 0 Å². The van der Waals surface area contributed by atoms with Crippen molar-refractivity contribution in [3.05, 3.63) is 29.8 Å². The van der Waals surface area contributed by atoms with E-state index in [4.69, 9.17) is 0 Å². The maximum Gasteiger partial charge on any atom is 0.240 e. The summed E-state index contributed by atoms with van der Waals surface area (Å²) in [4.78, 5) is 0.396. The van der Waals surface area contributed by atoms with Crippen LogP contribution in [0.3, 0.4) is 0 Å². The summed E-state index contributed by atoms with van der Waals surface area (Å²) in [5.74, 6) is 0. The SMILES string of the molecule is CCc1cccc(S(=O)(=O)NC2CCCCC2)c1. The maximum absolute atomic E-state index is 12.3. The Morgan fingerprint density at radius 1 is 1.22 bits per heavy atom. The van der Waals surface area contributed by atoms with Crippen LogP contribution in [0, 0.1) is 0 Å². The molecule has 1 aromatic carbocycles. The molecule has 0 bridgehead atoms. The van der Waals surface area contributed by atoms with Gasteiger partial charge in [0.25, 0.3) is 0 Å². The standard InChI is InChI=1S/C14H21NO2S/c1-2-12-7-6-10-14(11-12)18(16,17)15-13-8-4-3-5-9-13/h6-7,10-11,13,15H,2-5,8-9H2,1H3. The molecule has 0 amide bonds. The highest BCUT2D eigenvalue weighted by molar-refractivity contribution is 7.89. The molecule has 1 saturated carbocycles. The first-order chi connectivity index (χ1) is 8.62. The van der Waals surface area contributed by atoms with Gasteiger partial charge in [0.05, 0.1) is 4.90 Å². The summed E-state index contributed by atoms with van der Waals surface area (Å²) < 4.78 is 27.3. The minimum Gasteiger partial charge on any atom is -0.208 e. The van der Waals surface area contributed by atoms with Crippen LogP contribution in [0.25, 0.3) is 0 Å². The fraction of sp³-hybridized carbons (Fsp3) is 0.571. The summed E-state index contributed by atoms with van der Waals surface area (Å²) in [6.07, 6.45) is 6.26. The van der Waals surface area contributed by atoms with Crippen LogP contribution < -0.4 is 4.72 Å². The molecule has 3 nitrogen and oxygen atoms in total. The molecule has 0 atom stereocenters. The number of nitrogens with one attached hydrogen (secondary N) is 1. The van der Waals surface area contributed by atoms with E-state index in [-0.39, 0.29) is 6.04 Å². The van der Waals surface area contributed by atoms with Gasteiger partial charge in [0, 0.05) is 6.04 Å². The van der Waals surface area contributed by atoms with Crippen LogP contribution in [0.5, 0.6) is 0 Å². The summed E-state index contributed by atoms with van der Waals surface area (Å²) in [5, 5.41) is 0. The van der Waals surface area contributed by atoms with Gasteiger partial charge in [-0.15, -0.1) is 0 Å². The van der Waals surface area contributed by atoms with Crippen molar-refractivity contribution in [2.75, 3.05) is 0 Å². The smallest absolute Gasteiger partial charge is 0.208 e. The lowest BCUT2D eigenvalue weighted by atomic mass is 9.96. The number of sulfonamides is 1. The van der Waals surface area contributed by atoms with Crippen molar-refractivity contribution in [1.82, 2.24) is 4.72 Å². The molecule has 0 radical (unpaired) electrons. The molecule has 18 heavy (non-hydrogen) atoms. The number of rotatable bonds is 4. The first kappa shape index (κ1) is 13.6. The average Bonchev–Trinajstić information content (AvgIpc) is 2.39. The minimum absolute atomic E-state index is 0.119. The second-order valence-electron chi connectivity index (χ2n) is 4.96. The Morgan fingerprint density at radius 3 is 2.61 bits per heavy atom. The number of hydrogen-bond donors (Lipinski definition) is 1. The van der Waals surface area contributed by atoms with Gasteiger partial charge in [-0.1, -0.05) is 38.3 Å². The fourth-order valence-electron chi connectivity index (χ4n) is 2.44. The van der Waals surface area contributed by atoms with E-state index in [0.717, 1.165) is 37.7 Å². The van der Waals surface area contributed by atoms with Crippen LogP contribution in [0.4, 0.5) is 0 Å². The van der Waals surface area contributed by atoms with E-state index in [9.17, 15) is 8.42 Å². The Kier molecular flexibility index (Phi) is 4.40. The second-order valence-corrected chi connectivity index (χ2v) is 6.67. The first-order valence-electron chi connectivity index (χ1n) is 6.73. The van der Waals surface area contributed by atoms with Gasteiger partial charge in [-0.25, -0.2) is 13.1 Å². The molecule has 2 rings (SSSR count). The highest BCUT2D eigenvalue weighted by atomic mass is 32.2. The third kappa shape index (κ3) is 3.33. The van der Waals surface area contributed by atoms with E-state index >= 15 is 0 Å². The summed E-state index contributed by atoms with van der Waals surface area (Å²) in [5.41, 5.74) is 1.06. The number of aryl methyl sites for hydroxylation is 1. The maximum atomic E-state index is 12.3. The lowest BCUT2D eigenvalue weighted by Crippen LogP contribution is -2.36. The van der Waals surface area contributed by atoms with Gasteiger partial charge in [-0.3, -0.25) is 0 Å². The first-order valence-corrected chi connectivity index (χ1v) is 8.21. The molecular formula is C14H21NO2S. The van der Waals surface area contributed by atoms with Gasteiger partial charge in [0.15, 0.2) is 0 Å². The monoisotopic (exact) mass is 267 g/mol. The second kappa shape index (κ2) is 5.85. The predicted octanol–water partition coefficient (Wildman–Crippen LogP) is 2.86. The number of benzene rings is 1. The molecule has 0 unspecified atom stereocenters. The van der Waals surface area contributed by atoms with Gasteiger partial charge < -0.3 is 0 Å². The summed E-state index contributed by atoms with van der Waals surface area (Å²) in [7, 11) is -3.34. The van der Waals surface area contributed by atoms with Crippen molar-refractivity contribution in [2.45, 2.75) is 56.4 Å².